The lowest BCUT2D eigenvalue weighted by Gasteiger charge is -2.25. The minimum atomic E-state index is 0.737. The van der Waals surface area contributed by atoms with Crippen LogP contribution in [0.4, 0.5) is 5.69 Å². The normalized spacial score (nSPS) is 29.2. The molecule has 0 aromatic heterocycles. The topological polar surface area (TPSA) is 12.0 Å². The van der Waals surface area contributed by atoms with Crippen LogP contribution in [0.1, 0.15) is 42.7 Å². The molecule has 2 atom stereocenters. The van der Waals surface area contributed by atoms with Crippen molar-refractivity contribution in [3.8, 4) is 0 Å². The summed E-state index contributed by atoms with van der Waals surface area (Å²) in [6.07, 6.45) is 5.56. The lowest BCUT2D eigenvalue weighted by molar-refractivity contribution is 0.422. The average molecular weight is 187 g/mol. The van der Waals surface area contributed by atoms with Gasteiger partial charge in [-0.1, -0.05) is 30.5 Å². The van der Waals surface area contributed by atoms with Crippen molar-refractivity contribution < 1.29 is 0 Å². The Bertz CT molecular complexity index is 356. The summed E-state index contributed by atoms with van der Waals surface area (Å²) in [6.45, 7) is 2.19. The summed E-state index contributed by atoms with van der Waals surface area (Å²) in [6, 6.07) is 7.57. The lowest BCUT2D eigenvalue weighted by Crippen LogP contribution is -2.23. The highest BCUT2D eigenvalue weighted by molar-refractivity contribution is 5.60. The van der Waals surface area contributed by atoms with Crippen LogP contribution in [0.2, 0.25) is 0 Å². The van der Waals surface area contributed by atoms with E-state index in [1.54, 1.807) is 5.56 Å². The molecule has 1 N–H and O–H groups in total. The number of benzene rings is 1. The van der Waals surface area contributed by atoms with Gasteiger partial charge in [-0.15, -0.1) is 0 Å². The molecule has 1 heterocycles. The molecular formula is C13H17N. The van der Waals surface area contributed by atoms with Gasteiger partial charge < -0.3 is 5.32 Å². The summed E-state index contributed by atoms with van der Waals surface area (Å²) in [5.74, 6) is 0.804. The zero-order chi connectivity index (χ0) is 9.54. The Morgan fingerprint density at radius 3 is 3.00 bits per heavy atom. The van der Waals surface area contributed by atoms with Crippen LogP contribution in [0.15, 0.2) is 18.2 Å². The third kappa shape index (κ3) is 1.15. The molecule has 74 valence electrons. The van der Waals surface area contributed by atoms with E-state index in [9.17, 15) is 0 Å². The van der Waals surface area contributed by atoms with Gasteiger partial charge in [0.25, 0.3) is 0 Å². The molecule has 14 heavy (non-hydrogen) atoms. The maximum Gasteiger partial charge on any atom is 0.0378 e. The Balaban J connectivity index is 2.02. The van der Waals surface area contributed by atoms with Crippen LogP contribution in [0.25, 0.3) is 0 Å². The molecule has 1 fully saturated rings. The number of anilines is 1. The van der Waals surface area contributed by atoms with Gasteiger partial charge in [0.2, 0.25) is 0 Å². The summed E-state index contributed by atoms with van der Waals surface area (Å²) < 4.78 is 0. The van der Waals surface area contributed by atoms with Crippen LogP contribution in [-0.2, 0) is 0 Å². The predicted octanol–water partition coefficient (Wildman–Crippen LogP) is 3.45. The van der Waals surface area contributed by atoms with E-state index in [4.69, 9.17) is 0 Å². The summed E-state index contributed by atoms with van der Waals surface area (Å²) in [5.41, 5.74) is 4.37. The van der Waals surface area contributed by atoms with Gasteiger partial charge in [0.05, 0.1) is 0 Å². The number of rotatable bonds is 0. The number of hydrogen-bond donors (Lipinski definition) is 1. The van der Waals surface area contributed by atoms with Crippen molar-refractivity contribution in [3.63, 3.8) is 0 Å². The highest BCUT2D eigenvalue weighted by Crippen LogP contribution is 2.43. The second kappa shape index (κ2) is 3.01. The SMILES string of the molecule is Cc1ccc2c(c1)[C@@H]1CCCC[C@@H]1N2. The monoisotopic (exact) mass is 187 g/mol. The van der Waals surface area contributed by atoms with Crippen molar-refractivity contribution in [1.82, 2.24) is 0 Å². The van der Waals surface area contributed by atoms with E-state index >= 15 is 0 Å². The number of aryl methyl sites for hydroxylation is 1. The molecule has 0 saturated heterocycles. The largest absolute Gasteiger partial charge is 0.381 e. The lowest BCUT2D eigenvalue weighted by atomic mass is 9.82. The first-order valence-electron chi connectivity index (χ1n) is 5.72. The second-order valence-corrected chi connectivity index (χ2v) is 4.73. The van der Waals surface area contributed by atoms with E-state index in [0.717, 1.165) is 12.0 Å². The molecule has 1 aliphatic carbocycles. The average Bonchev–Trinajstić information content (AvgIpc) is 2.56. The molecule has 1 aromatic rings. The van der Waals surface area contributed by atoms with Gasteiger partial charge in [0.1, 0.15) is 0 Å². The summed E-state index contributed by atoms with van der Waals surface area (Å²) >= 11 is 0. The van der Waals surface area contributed by atoms with Crippen LogP contribution in [0.3, 0.4) is 0 Å². The highest BCUT2D eigenvalue weighted by Gasteiger charge is 2.33. The zero-order valence-electron chi connectivity index (χ0n) is 8.72. The van der Waals surface area contributed by atoms with E-state index in [1.807, 2.05) is 0 Å². The summed E-state index contributed by atoms with van der Waals surface area (Å²) in [5, 5.41) is 3.66. The van der Waals surface area contributed by atoms with Crippen molar-refractivity contribution in [2.45, 2.75) is 44.6 Å². The third-order valence-electron chi connectivity index (χ3n) is 3.71. The molecule has 1 nitrogen and oxygen atoms in total. The van der Waals surface area contributed by atoms with Gasteiger partial charge >= 0.3 is 0 Å². The van der Waals surface area contributed by atoms with E-state index < -0.39 is 0 Å². The Morgan fingerprint density at radius 1 is 1.21 bits per heavy atom. The molecule has 0 radical (unpaired) electrons. The van der Waals surface area contributed by atoms with Crippen molar-refractivity contribution in [3.05, 3.63) is 29.3 Å². The first-order chi connectivity index (χ1) is 6.84. The van der Waals surface area contributed by atoms with Crippen molar-refractivity contribution >= 4 is 5.69 Å². The van der Waals surface area contributed by atoms with E-state index in [0.29, 0.717) is 0 Å². The molecule has 3 rings (SSSR count). The maximum absolute atomic E-state index is 3.66. The molecule has 0 spiro atoms. The fourth-order valence-electron chi connectivity index (χ4n) is 3.00. The molecule has 1 aromatic carbocycles. The van der Waals surface area contributed by atoms with E-state index in [1.165, 1.54) is 36.9 Å². The Labute approximate surface area is 85.5 Å². The van der Waals surface area contributed by atoms with Crippen LogP contribution < -0.4 is 5.32 Å². The predicted molar refractivity (Wildman–Crippen MR) is 59.8 cm³/mol. The molecule has 1 saturated carbocycles. The molecule has 2 aliphatic rings. The van der Waals surface area contributed by atoms with Crippen molar-refractivity contribution in [2.24, 2.45) is 0 Å². The third-order valence-corrected chi connectivity index (χ3v) is 3.71. The quantitative estimate of drug-likeness (QED) is 0.656. The van der Waals surface area contributed by atoms with Crippen LogP contribution >= 0.6 is 0 Å². The molecule has 0 bridgehead atoms. The molecular weight excluding hydrogens is 170 g/mol. The fraction of sp³-hybridized carbons (Fsp3) is 0.538. The molecule has 0 unspecified atom stereocenters. The van der Waals surface area contributed by atoms with E-state index in [-0.39, 0.29) is 0 Å². The maximum atomic E-state index is 3.66. The summed E-state index contributed by atoms with van der Waals surface area (Å²) in [7, 11) is 0. The standard InChI is InChI=1S/C13H17N/c1-9-6-7-13-11(8-9)10-4-2-3-5-12(10)14-13/h6-8,10,12,14H,2-5H2,1H3/t10-,12-/m0/s1. The molecule has 0 amide bonds. The summed E-state index contributed by atoms with van der Waals surface area (Å²) in [4.78, 5) is 0. The van der Waals surface area contributed by atoms with Gasteiger partial charge in [-0.2, -0.15) is 0 Å². The number of nitrogens with one attached hydrogen (secondary N) is 1. The Kier molecular flexibility index (Phi) is 1.79. The van der Waals surface area contributed by atoms with Gasteiger partial charge in [0.15, 0.2) is 0 Å². The van der Waals surface area contributed by atoms with E-state index in [2.05, 4.69) is 30.4 Å². The number of hydrogen-bond acceptors (Lipinski definition) is 1. The fourth-order valence-corrected chi connectivity index (χ4v) is 3.00. The molecule has 1 heteroatoms. The van der Waals surface area contributed by atoms with Crippen molar-refractivity contribution in [2.75, 3.05) is 5.32 Å². The Morgan fingerprint density at radius 2 is 2.07 bits per heavy atom. The van der Waals surface area contributed by atoms with Gasteiger partial charge in [0, 0.05) is 17.6 Å². The van der Waals surface area contributed by atoms with Crippen LogP contribution in [0.5, 0.6) is 0 Å². The zero-order valence-corrected chi connectivity index (χ0v) is 8.72. The van der Waals surface area contributed by atoms with Gasteiger partial charge in [-0.05, 0) is 31.4 Å². The number of fused-ring (bicyclic) bond motifs is 3. The molecule has 1 aliphatic heterocycles. The second-order valence-electron chi connectivity index (χ2n) is 4.73. The van der Waals surface area contributed by atoms with Gasteiger partial charge in [-0.25, -0.2) is 0 Å². The highest BCUT2D eigenvalue weighted by atomic mass is 15.0. The minimum absolute atomic E-state index is 0.737. The van der Waals surface area contributed by atoms with Crippen LogP contribution in [-0.4, -0.2) is 6.04 Å². The smallest absolute Gasteiger partial charge is 0.0378 e. The Hall–Kier alpha value is -0.980. The minimum Gasteiger partial charge on any atom is -0.381 e. The first kappa shape index (κ1) is 8.34. The van der Waals surface area contributed by atoms with Gasteiger partial charge in [-0.3, -0.25) is 0 Å². The van der Waals surface area contributed by atoms with Crippen LogP contribution in [0, 0.1) is 6.92 Å². The van der Waals surface area contributed by atoms with Crippen molar-refractivity contribution in [1.29, 1.82) is 0 Å². The first-order valence-corrected chi connectivity index (χ1v) is 5.72.